The zero-order valence-electron chi connectivity index (χ0n) is 15.3. The van der Waals surface area contributed by atoms with Gasteiger partial charge in [-0.25, -0.2) is 9.59 Å². The lowest BCUT2D eigenvalue weighted by Gasteiger charge is -2.13. The Kier molecular flexibility index (Phi) is 7.67. The average molecular weight is 372 g/mol. The first kappa shape index (κ1) is 20.3. The largest absolute Gasteiger partial charge is 0.494 e. The van der Waals surface area contributed by atoms with Gasteiger partial charge in [-0.1, -0.05) is 6.92 Å². The van der Waals surface area contributed by atoms with Crippen LogP contribution >= 0.6 is 0 Å². The molecule has 2 aromatic rings. The summed E-state index contributed by atoms with van der Waals surface area (Å²) in [5, 5.41) is 17.7. The molecule has 0 aliphatic rings. The van der Waals surface area contributed by atoms with Crippen LogP contribution in [0.25, 0.3) is 0 Å². The number of ether oxygens (including phenoxy) is 2. The van der Waals surface area contributed by atoms with Crippen molar-refractivity contribution in [2.75, 3.05) is 13.2 Å². The van der Waals surface area contributed by atoms with E-state index in [1.54, 1.807) is 24.3 Å². The minimum absolute atomic E-state index is 0.244. The van der Waals surface area contributed by atoms with E-state index in [9.17, 15) is 9.59 Å². The molecular weight excluding hydrogens is 348 g/mol. The van der Waals surface area contributed by atoms with Gasteiger partial charge in [0.2, 0.25) is 0 Å². The van der Waals surface area contributed by atoms with Crippen molar-refractivity contribution in [2.24, 2.45) is 5.92 Å². The highest BCUT2D eigenvalue weighted by molar-refractivity contribution is 5.88. The molecule has 0 aliphatic heterocycles. The molecule has 0 spiro atoms. The van der Waals surface area contributed by atoms with Gasteiger partial charge in [0.1, 0.15) is 11.5 Å². The fourth-order valence-electron chi connectivity index (χ4n) is 2.53. The molecule has 1 atom stereocenters. The van der Waals surface area contributed by atoms with Crippen molar-refractivity contribution in [3.63, 3.8) is 0 Å². The fraction of sp³-hybridized carbons (Fsp3) is 0.333. The van der Waals surface area contributed by atoms with E-state index in [2.05, 4.69) is 6.92 Å². The number of aromatic carboxylic acids is 2. The van der Waals surface area contributed by atoms with Crippen molar-refractivity contribution >= 4 is 11.9 Å². The highest BCUT2D eigenvalue weighted by Gasteiger charge is 2.06. The van der Waals surface area contributed by atoms with Crippen molar-refractivity contribution in [3.05, 3.63) is 59.7 Å². The molecule has 0 bridgehead atoms. The molecule has 0 fully saturated rings. The van der Waals surface area contributed by atoms with Gasteiger partial charge >= 0.3 is 11.9 Å². The number of rotatable bonds is 11. The first-order chi connectivity index (χ1) is 13.0. The van der Waals surface area contributed by atoms with E-state index in [-0.39, 0.29) is 11.1 Å². The van der Waals surface area contributed by atoms with Crippen LogP contribution < -0.4 is 9.47 Å². The molecule has 0 radical (unpaired) electrons. The molecule has 2 rings (SSSR count). The average Bonchev–Trinajstić information content (AvgIpc) is 2.66. The van der Waals surface area contributed by atoms with Gasteiger partial charge in [-0.3, -0.25) is 0 Å². The van der Waals surface area contributed by atoms with E-state index in [0.717, 1.165) is 19.3 Å². The zero-order valence-corrected chi connectivity index (χ0v) is 15.3. The van der Waals surface area contributed by atoms with E-state index in [1.807, 2.05) is 0 Å². The van der Waals surface area contributed by atoms with Crippen LogP contribution in [0.2, 0.25) is 0 Å². The highest BCUT2D eigenvalue weighted by Crippen LogP contribution is 2.16. The SMILES string of the molecule is CC(CCCOc1ccc(C(=O)O)cc1)CCOc1ccc(C(=O)O)cc1. The Morgan fingerprint density at radius 2 is 1.22 bits per heavy atom. The number of carbonyl (C=O) groups is 2. The van der Waals surface area contributed by atoms with Crippen molar-refractivity contribution < 1.29 is 29.3 Å². The minimum atomic E-state index is -0.949. The zero-order chi connectivity index (χ0) is 19.6. The molecule has 2 aromatic carbocycles. The smallest absolute Gasteiger partial charge is 0.335 e. The summed E-state index contributed by atoms with van der Waals surface area (Å²) >= 11 is 0. The maximum atomic E-state index is 10.8. The predicted molar refractivity (Wildman–Crippen MR) is 101 cm³/mol. The third-order valence-electron chi connectivity index (χ3n) is 4.19. The summed E-state index contributed by atoms with van der Waals surface area (Å²) < 4.78 is 11.3. The Morgan fingerprint density at radius 1 is 0.778 bits per heavy atom. The van der Waals surface area contributed by atoms with Gasteiger partial charge in [0, 0.05) is 0 Å². The summed E-state index contributed by atoms with van der Waals surface area (Å²) in [5.74, 6) is -0.0898. The molecular formula is C21H24O6. The van der Waals surface area contributed by atoms with Gasteiger partial charge in [0.05, 0.1) is 24.3 Å². The monoisotopic (exact) mass is 372 g/mol. The molecule has 0 saturated heterocycles. The minimum Gasteiger partial charge on any atom is -0.494 e. The lowest BCUT2D eigenvalue weighted by molar-refractivity contribution is 0.0686. The number of benzene rings is 2. The van der Waals surface area contributed by atoms with Crippen LogP contribution in [0, 0.1) is 5.92 Å². The van der Waals surface area contributed by atoms with E-state index in [4.69, 9.17) is 19.7 Å². The third-order valence-corrected chi connectivity index (χ3v) is 4.19. The summed E-state index contributed by atoms with van der Waals surface area (Å²) in [6.07, 6.45) is 2.79. The van der Waals surface area contributed by atoms with Crippen molar-refractivity contribution in [1.82, 2.24) is 0 Å². The van der Waals surface area contributed by atoms with Crippen LogP contribution in [0.3, 0.4) is 0 Å². The lowest BCUT2D eigenvalue weighted by atomic mass is 10.0. The van der Waals surface area contributed by atoms with Crippen LogP contribution in [-0.2, 0) is 0 Å². The molecule has 6 heteroatoms. The quantitative estimate of drug-likeness (QED) is 0.570. The van der Waals surface area contributed by atoms with Gasteiger partial charge in [0.25, 0.3) is 0 Å². The van der Waals surface area contributed by atoms with Gasteiger partial charge in [-0.2, -0.15) is 0 Å². The number of hydrogen-bond acceptors (Lipinski definition) is 4. The van der Waals surface area contributed by atoms with Crippen molar-refractivity contribution in [1.29, 1.82) is 0 Å². The third kappa shape index (κ3) is 7.01. The Morgan fingerprint density at radius 3 is 1.67 bits per heavy atom. The first-order valence-electron chi connectivity index (χ1n) is 8.88. The topological polar surface area (TPSA) is 93.1 Å². The van der Waals surface area contributed by atoms with E-state index >= 15 is 0 Å². The van der Waals surface area contributed by atoms with E-state index in [1.165, 1.54) is 24.3 Å². The summed E-state index contributed by atoms with van der Waals surface area (Å²) in [5.41, 5.74) is 0.488. The molecule has 27 heavy (non-hydrogen) atoms. The normalized spacial score (nSPS) is 11.6. The van der Waals surface area contributed by atoms with Gasteiger partial charge in [-0.05, 0) is 73.7 Å². The second kappa shape index (κ2) is 10.2. The lowest BCUT2D eigenvalue weighted by Crippen LogP contribution is -2.07. The molecule has 2 N–H and O–H groups in total. The Hall–Kier alpha value is -3.02. The summed E-state index contributed by atoms with van der Waals surface area (Å²) in [6, 6.07) is 12.8. The summed E-state index contributed by atoms with van der Waals surface area (Å²) in [6.45, 7) is 3.30. The summed E-state index contributed by atoms with van der Waals surface area (Å²) in [7, 11) is 0. The second-order valence-corrected chi connectivity index (χ2v) is 6.39. The second-order valence-electron chi connectivity index (χ2n) is 6.39. The molecule has 1 unspecified atom stereocenters. The van der Waals surface area contributed by atoms with Gasteiger partial charge in [0.15, 0.2) is 0 Å². The van der Waals surface area contributed by atoms with Crippen LogP contribution in [0.5, 0.6) is 11.5 Å². The Labute approximate surface area is 158 Å². The Bertz CT molecular complexity index is 736. The predicted octanol–water partition coefficient (Wildman–Crippen LogP) is 4.35. The number of carboxylic acids is 2. The summed E-state index contributed by atoms with van der Waals surface area (Å²) in [4.78, 5) is 21.6. The standard InChI is InChI=1S/C21H24O6/c1-15(12-14-27-19-10-6-17(7-11-19)21(24)25)3-2-13-26-18-8-4-16(5-9-18)20(22)23/h4-11,15H,2-3,12-14H2,1H3,(H,22,23)(H,24,25). The molecule has 0 aromatic heterocycles. The molecule has 0 saturated carbocycles. The van der Waals surface area contributed by atoms with Gasteiger partial charge in [-0.15, -0.1) is 0 Å². The highest BCUT2D eigenvalue weighted by atomic mass is 16.5. The molecule has 0 amide bonds. The molecule has 0 heterocycles. The van der Waals surface area contributed by atoms with Crippen LogP contribution in [0.4, 0.5) is 0 Å². The molecule has 6 nitrogen and oxygen atoms in total. The van der Waals surface area contributed by atoms with Crippen molar-refractivity contribution in [2.45, 2.75) is 26.2 Å². The Balaban J connectivity index is 1.59. The van der Waals surface area contributed by atoms with E-state index < -0.39 is 11.9 Å². The first-order valence-corrected chi connectivity index (χ1v) is 8.88. The number of hydrogen-bond donors (Lipinski definition) is 2. The maximum Gasteiger partial charge on any atom is 0.335 e. The molecule has 0 aliphatic carbocycles. The van der Waals surface area contributed by atoms with Crippen LogP contribution in [0.15, 0.2) is 48.5 Å². The van der Waals surface area contributed by atoms with E-state index in [0.29, 0.717) is 30.6 Å². The maximum absolute atomic E-state index is 10.8. The molecule has 144 valence electrons. The van der Waals surface area contributed by atoms with Gasteiger partial charge < -0.3 is 19.7 Å². The fourth-order valence-corrected chi connectivity index (χ4v) is 2.53. The van der Waals surface area contributed by atoms with Crippen molar-refractivity contribution in [3.8, 4) is 11.5 Å². The number of carboxylic acid groups (broad SMARTS) is 2. The van der Waals surface area contributed by atoms with Crippen LogP contribution in [-0.4, -0.2) is 35.4 Å². The van der Waals surface area contributed by atoms with Crippen LogP contribution in [0.1, 0.15) is 46.9 Å².